The highest BCUT2D eigenvalue weighted by Gasteiger charge is 2.38. The van der Waals surface area contributed by atoms with Gasteiger partial charge in [-0.25, -0.2) is 4.79 Å². The van der Waals surface area contributed by atoms with Gasteiger partial charge in [0.15, 0.2) is 0 Å². The number of carbonyl (C=O) groups is 2. The Morgan fingerprint density at radius 2 is 2.12 bits per heavy atom. The quantitative estimate of drug-likeness (QED) is 0.729. The first-order chi connectivity index (χ1) is 12.4. The van der Waals surface area contributed by atoms with Crippen LogP contribution in [0.3, 0.4) is 0 Å². The molecule has 2 aromatic rings. The molecule has 0 unspecified atom stereocenters. The lowest BCUT2D eigenvalue weighted by Gasteiger charge is -2.26. The molecule has 0 spiro atoms. The Kier molecular flexibility index (Phi) is 4.20. The van der Waals surface area contributed by atoms with Crippen molar-refractivity contribution in [2.24, 2.45) is 0 Å². The lowest BCUT2D eigenvalue weighted by molar-refractivity contribution is -0.125. The van der Waals surface area contributed by atoms with Crippen LogP contribution >= 0.6 is 23.2 Å². The number of halogens is 2. The van der Waals surface area contributed by atoms with Crippen LogP contribution in [0.25, 0.3) is 10.9 Å². The molecule has 6 nitrogen and oxygen atoms in total. The van der Waals surface area contributed by atoms with E-state index in [1.807, 2.05) is 6.92 Å². The topological polar surface area (TPSA) is 62.7 Å². The summed E-state index contributed by atoms with van der Waals surface area (Å²) in [6.07, 6.45) is 2.87. The van der Waals surface area contributed by atoms with Gasteiger partial charge in [0.05, 0.1) is 23.7 Å². The van der Waals surface area contributed by atoms with E-state index in [9.17, 15) is 9.59 Å². The van der Waals surface area contributed by atoms with E-state index in [4.69, 9.17) is 27.9 Å². The Labute approximate surface area is 160 Å². The van der Waals surface area contributed by atoms with Crippen LogP contribution in [0.2, 0.25) is 10.0 Å². The van der Waals surface area contributed by atoms with Crippen molar-refractivity contribution < 1.29 is 14.3 Å². The maximum Gasteiger partial charge on any atom is 0.327 e. The molecule has 3 amide bonds. The molecule has 1 saturated heterocycles. The summed E-state index contributed by atoms with van der Waals surface area (Å²) in [5, 5.41) is 1.45. The second kappa shape index (κ2) is 6.28. The number of methoxy groups -OCH3 is 1. The van der Waals surface area contributed by atoms with E-state index in [1.54, 1.807) is 17.2 Å². The zero-order valence-corrected chi connectivity index (χ0v) is 15.9. The molecule has 0 aliphatic carbocycles. The first kappa shape index (κ1) is 17.4. The van der Waals surface area contributed by atoms with Crippen molar-refractivity contribution >= 4 is 46.0 Å². The van der Waals surface area contributed by atoms with Crippen molar-refractivity contribution in [3.63, 3.8) is 0 Å². The fraction of sp³-hybridized carbons (Fsp3) is 0.389. The molecule has 3 heterocycles. The van der Waals surface area contributed by atoms with Gasteiger partial charge in [0.1, 0.15) is 10.8 Å². The van der Waals surface area contributed by atoms with Gasteiger partial charge in [-0.2, -0.15) is 0 Å². The van der Waals surface area contributed by atoms with E-state index in [1.165, 1.54) is 12.0 Å². The summed E-state index contributed by atoms with van der Waals surface area (Å²) in [5.74, 6) is 0.351. The number of fused-ring (bicyclic) bond motifs is 3. The van der Waals surface area contributed by atoms with Gasteiger partial charge in [0, 0.05) is 31.1 Å². The van der Waals surface area contributed by atoms with E-state index in [0.717, 1.165) is 22.9 Å². The smallest absolute Gasteiger partial charge is 0.327 e. The van der Waals surface area contributed by atoms with Gasteiger partial charge in [-0.05, 0) is 30.5 Å². The zero-order valence-electron chi connectivity index (χ0n) is 14.4. The Bertz CT molecular complexity index is 947. The number of rotatable bonds is 1. The van der Waals surface area contributed by atoms with E-state index in [0.29, 0.717) is 40.8 Å². The number of nitrogens with zero attached hydrogens (tertiary/aromatic N) is 3. The van der Waals surface area contributed by atoms with Crippen molar-refractivity contribution in [3.05, 3.63) is 33.4 Å². The highest BCUT2D eigenvalue weighted by atomic mass is 35.5. The number of hydrogen-bond acceptors (Lipinski definition) is 4. The largest absolute Gasteiger partial charge is 0.495 e. The molecular formula is C18H17Cl2N3O3. The Balaban J connectivity index is 1.80. The number of hydrogen-bond donors (Lipinski definition) is 0. The summed E-state index contributed by atoms with van der Waals surface area (Å²) >= 11 is 12.6. The average molecular weight is 394 g/mol. The molecule has 4 rings (SSSR count). The summed E-state index contributed by atoms with van der Waals surface area (Å²) in [5.41, 5.74) is 2.48. The molecule has 1 aromatic heterocycles. The summed E-state index contributed by atoms with van der Waals surface area (Å²) in [7, 11) is 1.53. The Morgan fingerprint density at radius 1 is 1.35 bits per heavy atom. The fourth-order valence-electron chi connectivity index (χ4n) is 3.79. The van der Waals surface area contributed by atoms with Crippen LogP contribution in [-0.2, 0) is 11.3 Å². The summed E-state index contributed by atoms with van der Waals surface area (Å²) in [4.78, 5) is 32.3. The van der Waals surface area contributed by atoms with E-state index < -0.39 is 0 Å². The van der Waals surface area contributed by atoms with Gasteiger partial charge in [-0.15, -0.1) is 0 Å². The summed E-state index contributed by atoms with van der Waals surface area (Å²) in [6.45, 7) is 2.83. The molecule has 0 N–H and O–H groups in total. The number of pyridine rings is 1. The number of aromatic nitrogens is 1. The molecule has 1 fully saturated rings. The van der Waals surface area contributed by atoms with Crippen LogP contribution in [0.5, 0.6) is 5.75 Å². The van der Waals surface area contributed by atoms with Gasteiger partial charge in [0.2, 0.25) is 5.91 Å². The standard InChI is InChI=1S/C18H17Cl2N3O3/c1-9-14-10(8-23(9)18(25)22-5-3-4-13(22)24)7-21-17-11(14)6-12(26-2)15(19)16(17)20/h6-7,9H,3-5,8H2,1-2H3/t9-/m0/s1. The molecule has 136 valence electrons. The Morgan fingerprint density at radius 3 is 2.77 bits per heavy atom. The first-order valence-corrected chi connectivity index (χ1v) is 9.14. The number of likely N-dealkylation sites (tertiary alicyclic amines) is 1. The highest BCUT2D eigenvalue weighted by molar-refractivity contribution is 6.46. The minimum Gasteiger partial charge on any atom is -0.495 e. The van der Waals surface area contributed by atoms with Gasteiger partial charge < -0.3 is 9.64 Å². The monoisotopic (exact) mass is 393 g/mol. The number of ether oxygens (including phenoxy) is 1. The third kappa shape index (κ3) is 2.43. The second-order valence-corrected chi connectivity index (χ2v) is 7.29. The summed E-state index contributed by atoms with van der Waals surface area (Å²) in [6, 6.07) is 1.34. The third-order valence-corrected chi connectivity index (χ3v) is 5.97. The molecule has 1 atom stereocenters. The number of imide groups is 1. The predicted octanol–water partition coefficient (Wildman–Crippen LogP) is 4.17. The minimum atomic E-state index is -0.253. The van der Waals surface area contributed by atoms with Crippen LogP contribution < -0.4 is 4.74 Å². The fourth-order valence-corrected chi connectivity index (χ4v) is 4.26. The van der Waals surface area contributed by atoms with Crippen LogP contribution in [0.4, 0.5) is 4.79 Å². The van der Waals surface area contributed by atoms with Crippen LogP contribution in [0.15, 0.2) is 12.3 Å². The Hall–Kier alpha value is -2.05. The van der Waals surface area contributed by atoms with Crippen molar-refractivity contribution in [2.45, 2.75) is 32.4 Å². The average Bonchev–Trinajstić information content (AvgIpc) is 3.21. The lowest BCUT2D eigenvalue weighted by atomic mass is 10.0. The molecule has 0 radical (unpaired) electrons. The van der Waals surface area contributed by atoms with Crippen molar-refractivity contribution in [3.8, 4) is 5.75 Å². The second-order valence-electron chi connectivity index (χ2n) is 6.54. The van der Waals surface area contributed by atoms with Crippen molar-refractivity contribution in [2.75, 3.05) is 13.7 Å². The summed E-state index contributed by atoms with van der Waals surface area (Å²) < 4.78 is 5.32. The highest BCUT2D eigenvalue weighted by Crippen LogP contribution is 2.44. The third-order valence-electron chi connectivity index (χ3n) is 5.13. The molecular weight excluding hydrogens is 377 g/mol. The molecule has 0 bridgehead atoms. The molecule has 2 aliphatic heterocycles. The SMILES string of the molecule is COc1cc2c3c(cnc2c(Cl)c1Cl)CN(C(=O)N1CCCC1=O)[C@H]3C. The molecule has 8 heteroatoms. The number of amides is 3. The van der Waals surface area contributed by atoms with Crippen molar-refractivity contribution in [1.29, 1.82) is 0 Å². The molecule has 26 heavy (non-hydrogen) atoms. The van der Waals surface area contributed by atoms with Crippen molar-refractivity contribution in [1.82, 2.24) is 14.8 Å². The van der Waals surface area contributed by atoms with Crippen LogP contribution in [0, 0.1) is 0 Å². The zero-order chi connectivity index (χ0) is 18.6. The predicted molar refractivity (Wildman–Crippen MR) is 98.6 cm³/mol. The first-order valence-electron chi connectivity index (χ1n) is 8.38. The molecule has 0 saturated carbocycles. The van der Waals surface area contributed by atoms with Gasteiger partial charge in [0.25, 0.3) is 0 Å². The van der Waals surface area contributed by atoms with E-state index >= 15 is 0 Å². The normalized spacial score (nSPS) is 19.4. The van der Waals surface area contributed by atoms with E-state index in [2.05, 4.69) is 4.98 Å². The lowest BCUT2D eigenvalue weighted by Crippen LogP contribution is -2.42. The van der Waals surface area contributed by atoms with E-state index in [-0.39, 0.29) is 18.0 Å². The van der Waals surface area contributed by atoms with Gasteiger partial charge in [-0.3, -0.25) is 14.7 Å². The van der Waals surface area contributed by atoms with Crippen LogP contribution in [0.1, 0.15) is 36.9 Å². The maximum atomic E-state index is 12.9. The number of urea groups is 1. The number of benzene rings is 1. The number of carbonyl (C=O) groups excluding carboxylic acids is 2. The maximum absolute atomic E-state index is 12.9. The van der Waals surface area contributed by atoms with Gasteiger partial charge >= 0.3 is 6.03 Å². The minimum absolute atomic E-state index is 0.113. The molecule has 1 aromatic carbocycles. The van der Waals surface area contributed by atoms with Gasteiger partial charge in [-0.1, -0.05) is 23.2 Å². The molecule has 2 aliphatic rings. The van der Waals surface area contributed by atoms with Crippen LogP contribution in [-0.4, -0.2) is 40.4 Å².